The molecule has 2 heterocycles. The monoisotopic (exact) mass is 415 g/mol. The molecule has 2 aliphatic rings. The van der Waals surface area contributed by atoms with E-state index in [0.29, 0.717) is 23.3 Å². The van der Waals surface area contributed by atoms with Crippen molar-refractivity contribution in [3.8, 4) is 0 Å². The molecule has 0 fully saturated rings. The van der Waals surface area contributed by atoms with Gasteiger partial charge in [0.2, 0.25) is 0 Å². The van der Waals surface area contributed by atoms with Crippen molar-refractivity contribution in [3.05, 3.63) is 70.5 Å². The van der Waals surface area contributed by atoms with E-state index < -0.39 is 12.3 Å². The quantitative estimate of drug-likeness (QED) is 0.717. The number of rotatable bonds is 5. The molecule has 1 aromatic rings. The maximum absolute atomic E-state index is 12.7. The molecular formula is C22H26ClN3O3. The lowest BCUT2D eigenvalue weighted by Gasteiger charge is -2.28. The average Bonchev–Trinajstić information content (AvgIpc) is 3.04. The van der Waals surface area contributed by atoms with Crippen molar-refractivity contribution in [1.82, 2.24) is 10.2 Å². The van der Waals surface area contributed by atoms with Crippen molar-refractivity contribution in [2.24, 2.45) is 4.99 Å². The van der Waals surface area contributed by atoms with Gasteiger partial charge in [0.05, 0.1) is 18.8 Å². The van der Waals surface area contributed by atoms with Gasteiger partial charge in [-0.25, -0.2) is 9.79 Å². The van der Waals surface area contributed by atoms with Crippen LogP contribution < -0.4 is 5.32 Å². The molecular weight excluding hydrogens is 390 g/mol. The van der Waals surface area contributed by atoms with E-state index in [-0.39, 0.29) is 12.2 Å². The van der Waals surface area contributed by atoms with Crippen molar-refractivity contribution in [2.45, 2.75) is 39.5 Å². The number of nitrogens with zero attached hydrogens (tertiary/aromatic N) is 2. The Kier molecular flexibility index (Phi) is 6.45. The van der Waals surface area contributed by atoms with Gasteiger partial charge in [0.1, 0.15) is 11.0 Å². The highest BCUT2D eigenvalue weighted by Gasteiger charge is 2.38. The number of allylic oxidation sites excluding steroid dienone is 1. The molecule has 0 aliphatic carbocycles. The molecule has 29 heavy (non-hydrogen) atoms. The number of fused-ring (bicyclic) bond motifs is 1. The van der Waals surface area contributed by atoms with Crippen LogP contribution in [0.2, 0.25) is 0 Å². The first-order valence-electron chi connectivity index (χ1n) is 9.58. The van der Waals surface area contributed by atoms with Crippen molar-refractivity contribution in [3.63, 3.8) is 0 Å². The molecule has 1 atom stereocenters. The number of aliphatic imine (C=N–C) groups is 1. The third kappa shape index (κ3) is 5.08. The van der Waals surface area contributed by atoms with Crippen molar-refractivity contribution < 1.29 is 14.3 Å². The first-order chi connectivity index (χ1) is 13.8. The fraction of sp³-hybridized carbons (Fsp3) is 0.364. The van der Waals surface area contributed by atoms with Gasteiger partial charge in [0.25, 0.3) is 0 Å². The molecule has 0 aromatic heterocycles. The Morgan fingerprint density at radius 2 is 2.03 bits per heavy atom. The second kappa shape index (κ2) is 8.84. The number of carbonyl (C=O) groups is 1. The summed E-state index contributed by atoms with van der Waals surface area (Å²) in [7, 11) is 0. The zero-order valence-corrected chi connectivity index (χ0v) is 17.9. The molecule has 1 unspecified atom stereocenters. The number of carbonyl (C=O) groups excluding carboxylic acids is 1. The van der Waals surface area contributed by atoms with Crippen LogP contribution in [0, 0.1) is 0 Å². The highest BCUT2D eigenvalue weighted by Crippen LogP contribution is 2.34. The second-order valence-corrected chi connectivity index (χ2v) is 7.95. The summed E-state index contributed by atoms with van der Waals surface area (Å²) in [5, 5.41) is 3.56. The van der Waals surface area contributed by atoms with Gasteiger partial charge in [0.15, 0.2) is 6.17 Å². The number of nitrogens with one attached hydrogen (secondary N) is 1. The Morgan fingerprint density at radius 3 is 2.69 bits per heavy atom. The van der Waals surface area contributed by atoms with E-state index in [4.69, 9.17) is 26.1 Å². The van der Waals surface area contributed by atoms with E-state index in [1.54, 1.807) is 6.92 Å². The van der Waals surface area contributed by atoms with E-state index in [0.717, 1.165) is 11.1 Å². The summed E-state index contributed by atoms with van der Waals surface area (Å²) in [6.07, 6.45) is 4.49. The van der Waals surface area contributed by atoms with Crippen LogP contribution in [0.3, 0.4) is 0 Å². The smallest absolute Gasteiger partial charge is 0.416 e. The minimum atomic E-state index is -0.582. The van der Waals surface area contributed by atoms with Crippen LogP contribution in [0.15, 0.2) is 70.0 Å². The predicted octanol–water partition coefficient (Wildman–Crippen LogP) is 4.54. The molecule has 1 amide bonds. The number of benzene rings is 1. The Morgan fingerprint density at radius 1 is 1.31 bits per heavy atom. The number of amidine groups is 1. The van der Waals surface area contributed by atoms with E-state index in [2.05, 4.69) is 5.32 Å². The highest BCUT2D eigenvalue weighted by molar-refractivity contribution is 6.32. The summed E-state index contributed by atoms with van der Waals surface area (Å²) < 4.78 is 11.0. The lowest BCUT2D eigenvalue weighted by atomic mass is 10.1. The molecule has 1 N–H and O–H groups in total. The van der Waals surface area contributed by atoms with Gasteiger partial charge < -0.3 is 14.8 Å². The van der Waals surface area contributed by atoms with Crippen LogP contribution in [0.5, 0.6) is 0 Å². The van der Waals surface area contributed by atoms with E-state index in [1.807, 2.05) is 69.3 Å². The van der Waals surface area contributed by atoms with E-state index >= 15 is 0 Å². The highest BCUT2D eigenvalue weighted by atomic mass is 35.5. The molecule has 154 valence electrons. The van der Waals surface area contributed by atoms with Gasteiger partial charge in [-0.1, -0.05) is 48.0 Å². The van der Waals surface area contributed by atoms with Crippen LogP contribution in [0.1, 0.15) is 33.3 Å². The van der Waals surface area contributed by atoms with Gasteiger partial charge in [-0.3, -0.25) is 4.90 Å². The molecule has 0 saturated heterocycles. The zero-order chi connectivity index (χ0) is 21.0. The predicted molar refractivity (Wildman–Crippen MR) is 115 cm³/mol. The molecule has 2 aliphatic heterocycles. The number of hydrogen-bond acceptors (Lipinski definition) is 5. The van der Waals surface area contributed by atoms with Gasteiger partial charge >= 0.3 is 6.09 Å². The molecule has 7 heteroatoms. The van der Waals surface area contributed by atoms with Crippen molar-refractivity contribution in [1.29, 1.82) is 0 Å². The summed E-state index contributed by atoms with van der Waals surface area (Å²) >= 11 is 6.51. The second-order valence-electron chi connectivity index (χ2n) is 7.58. The molecule has 0 saturated carbocycles. The topological polar surface area (TPSA) is 63.2 Å². The average molecular weight is 416 g/mol. The maximum atomic E-state index is 12.7. The number of halogens is 1. The normalized spacial score (nSPS) is 19.1. The molecule has 6 nitrogen and oxygen atoms in total. The summed E-state index contributed by atoms with van der Waals surface area (Å²) in [5.74, 6) is 0.605. The van der Waals surface area contributed by atoms with Gasteiger partial charge in [0, 0.05) is 16.8 Å². The van der Waals surface area contributed by atoms with Crippen LogP contribution in [0.4, 0.5) is 4.79 Å². The summed E-state index contributed by atoms with van der Waals surface area (Å²) in [6, 6.07) is 9.64. The largest absolute Gasteiger partial charge is 0.449 e. The minimum Gasteiger partial charge on any atom is -0.449 e. The zero-order valence-electron chi connectivity index (χ0n) is 17.1. The Labute approximate surface area is 176 Å². The van der Waals surface area contributed by atoms with Crippen LogP contribution in [-0.4, -0.2) is 41.8 Å². The Bertz CT molecular complexity index is 882. The van der Waals surface area contributed by atoms with Gasteiger partial charge in [-0.2, -0.15) is 0 Å². The first kappa shape index (κ1) is 21.1. The molecule has 0 spiro atoms. The van der Waals surface area contributed by atoms with Gasteiger partial charge in [-0.05, 0) is 39.8 Å². The minimum absolute atomic E-state index is 0.242. The van der Waals surface area contributed by atoms with Gasteiger partial charge in [-0.15, -0.1) is 0 Å². The van der Waals surface area contributed by atoms with Crippen molar-refractivity contribution in [2.75, 3.05) is 13.2 Å². The van der Waals surface area contributed by atoms with Crippen LogP contribution in [0.25, 0.3) is 0 Å². The fourth-order valence-electron chi connectivity index (χ4n) is 2.95. The maximum Gasteiger partial charge on any atom is 0.416 e. The van der Waals surface area contributed by atoms with Crippen molar-refractivity contribution >= 4 is 23.5 Å². The summed E-state index contributed by atoms with van der Waals surface area (Å²) in [4.78, 5) is 18.9. The first-order valence-corrected chi connectivity index (χ1v) is 9.96. The van der Waals surface area contributed by atoms with E-state index in [1.165, 1.54) is 4.90 Å². The molecule has 3 rings (SSSR count). The Balaban J connectivity index is 1.90. The number of ether oxygens (including phenoxy) is 2. The third-order valence-corrected chi connectivity index (χ3v) is 4.56. The Hall–Kier alpha value is -2.57. The third-order valence-electron chi connectivity index (χ3n) is 4.25. The standard InChI is InChI=1S/C22H26ClN3O3/c1-5-28-21(27)26-16(12-9-13-29-22(2,3)4)14-17-18(23)24-19(25-20(17)26)15-10-7-6-8-11-15/h6-12,14,20H,5,13H2,1-4H3,(H,24,25)/b12-9+. The summed E-state index contributed by atoms with van der Waals surface area (Å²) in [5.41, 5.74) is 2.01. The fourth-order valence-corrected chi connectivity index (χ4v) is 3.20. The van der Waals surface area contributed by atoms with Crippen LogP contribution >= 0.6 is 11.6 Å². The molecule has 0 bridgehead atoms. The SMILES string of the molecule is CCOC(=O)N1C(/C=C/COC(C)(C)C)=CC2=C(Cl)NC(c3ccccc3)=NC21. The summed E-state index contributed by atoms with van der Waals surface area (Å²) in [6.45, 7) is 8.44. The van der Waals surface area contributed by atoms with E-state index in [9.17, 15) is 4.79 Å². The number of hydrogen-bond donors (Lipinski definition) is 1. The van der Waals surface area contributed by atoms with Crippen LogP contribution in [-0.2, 0) is 9.47 Å². The molecule has 1 aromatic carbocycles. The molecule has 0 radical (unpaired) electrons. The number of amides is 1. The lowest BCUT2D eigenvalue weighted by molar-refractivity contribution is 0.0149. The lowest BCUT2D eigenvalue weighted by Crippen LogP contribution is -2.41.